The molecule has 182 valence electrons. The second kappa shape index (κ2) is 10.5. The smallest absolute Gasteiger partial charge is 0.407 e. The van der Waals surface area contributed by atoms with E-state index in [0.29, 0.717) is 39.1 Å². The van der Waals surface area contributed by atoms with E-state index >= 15 is 0 Å². The van der Waals surface area contributed by atoms with Crippen molar-refractivity contribution in [1.29, 1.82) is 0 Å². The highest BCUT2D eigenvalue weighted by atomic mass is 16.5. The molecule has 1 aliphatic carbocycles. The lowest BCUT2D eigenvalue weighted by atomic mass is 9.86. The van der Waals surface area contributed by atoms with Gasteiger partial charge in [0.25, 0.3) is 0 Å². The summed E-state index contributed by atoms with van der Waals surface area (Å²) in [6.45, 7) is 1.69. The molecule has 35 heavy (non-hydrogen) atoms. The molecule has 1 aliphatic heterocycles. The van der Waals surface area contributed by atoms with Crippen LogP contribution in [0.4, 0.5) is 4.79 Å². The van der Waals surface area contributed by atoms with Crippen molar-refractivity contribution in [1.82, 2.24) is 4.90 Å². The zero-order chi connectivity index (χ0) is 24.2. The third-order valence-electron chi connectivity index (χ3n) is 7.06. The van der Waals surface area contributed by atoms with E-state index in [1.165, 1.54) is 15.7 Å². The van der Waals surface area contributed by atoms with Crippen molar-refractivity contribution in [3.63, 3.8) is 0 Å². The molecular weight excluding hydrogens is 442 g/mol. The molecule has 6 nitrogen and oxygen atoms in total. The number of hydrogen-bond donors (Lipinski definition) is 1. The maximum absolute atomic E-state index is 11.7. The van der Waals surface area contributed by atoms with Crippen LogP contribution in [0.3, 0.4) is 0 Å². The Balaban J connectivity index is 1.24. The van der Waals surface area contributed by atoms with Gasteiger partial charge in [0.2, 0.25) is 0 Å². The fourth-order valence-corrected chi connectivity index (χ4v) is 4.81. The third kappa shape index (κ3) is 5.82. The van der Waals surface area contributed by atoms with E-state index in [1.807, 2.05) is 12.1 Å². The van der Waals surface area contributed by atoms with Gasteiger partial charge in [-0.05, 0) is 52.8 Å². The number of ether oxygens (including phenoxy) is 2. The fraction of sp³-hybridized carbons (Fsp3) is 0.379. The van der Waals surface area contributed by atoms with E-state index in [1.54, 1.807) is 0 Å². The van der Waals surface area contributed by atoms with Gasteiger partial charge < -0.3 is 19.5 Å². The molecule has 2 aliphatic rings. The summed E-state index contributed by atoms with van der Waals surface area (Å²) in [5.74, 6) is 0.173. The topological polar surface area (TPSA) is 76.1 Å². The molecule has 1 heterocycles. The van der Waals surface area contributed by atoms with Crippen molar-refractivity contribution >= 4 is 22.8 Å². The van der Waals surface area contributed by atoms with Crippen LogP contribution in [-0.4, -0.2) is 47.9 Å². The van der Waals surface area contributed by atoms with Crippen molar-refractivity contribution in [2.45, 2.75) is 44.3 Å². The predicted octanol–water partition coefficient (Wildman–Crippen LogP) is 5.39. The Bertz CT molecular complexity index is 1190. The van der Waals surface area contributed by atoms with Crippen LogP contribution < -0.4 is 0 Å². The highest BCUT2D eigenvalue weighted by Crippen LogP contribution is 2.32. The largest absolute Gasteiger partial charge is 0.465 e. The number of rotatable bonds is 8. The van der Waals surface area contributed by atoms with Gasteiger partial charge in [-0.15, -0.1) is 0 Å². The number of fused-ring (bicyclic) bond motifs is 1. The summed E-state index contributed by atoms with van der Waals surface area (Å²) in [6, 6.07) is 22.9. The molecular formula is C29H31NO5. The van der Waals surface area contributed by atoms with Gasteiger partial charge in [0.1, 0.15) is 0 Å². The maximum Gasteiger partial charge on any atom is 0.407 e. The SMILES string of the molecule is O=C(OCCc1ccc(C2CCN(C(=O)O)CC2OCc2ccc3ccccc3c2)cc1)C1CC1. The Labute approximate surface area is 205 Å². The lowest BCUT2D eigenvalue weighted by molar-refractivity contribution is -0.145. The maximum atomic E-state index is 11.7. The molecule has 0 radical (unpaired) electrons. The van der Waals surface area contributed by atoms with E-state index < -0.39 is 6.09 Å². The first kappa shape index (κ1) is 23.4. The van der Waals surface area contributed by atoms with Gasteiger partial charge in [-0.2, -0.15) is 0 Å². The summed E-state index contributed by atoms with van der Waals surface area (Å²) in [5.41, 5.74) is 3.34. The molecule has 6 heteroatoms. The zero-order valence-electron chi connectivity index (χ0n) is 19.8. The molecule has 2 unspecified atom stereocenters. The van der Waals surface area contributed by atoms with Gasteiger partial charge in [-0.25, -0.2) is 4.79 Å². The number of carbonyl (C=O) groups is 2. The number of carbonyl (C=O) groups excluding carboxylic acids is 1. The van der Waals surface area contributed by atoms with Crippen molar-refractivity contribution in [2.75, 3.05) is 19.7 Å². The van der Waals surface area contributed by atoms with Crippen LogP contribution in [0.15, 0.2) is 66.7 Å². The van der Waals surface area contributed by atoms with Crippen molar-refractivity contribution in [3.8, 4) is 0 Å². The predicted molar refractivity (Wildman–Crippen MR) is 133 cm³/mol. The second-order valence-corrected chi connectivity index (χ2v) is 9.59. The normalized spacial score (nSPS) is 20.1. The summed E-state index contributed by atoms with van der Waals surface area (Å²) in [4.78, 5) is 24.8. The first-order chi connectivity index (χ1) is 17.1. The van der Waals surface area contributed by atoms with Crippen LogP contribution in [-0.2, 0) is 27.3 Å². The van der Waals surface area contributed by atoms with E-state index in [0.717, 1.165) is 29.5 Å². The first-order valence-corrected chi connectivity index (χ1v) is 12.4. The first-order valence-electron chi connectivity index (χ1n) is 12.4. The van der Waals surface area contributed by atoms with Crippen LogP contribution in [0.5, 0.6) is 0 Å². The van der Waals surface area contributed by atoms with Gasteiger partial charge in [-0.3, -0.25) is 4.79 Å². The molecule has 0 bridgehead atoms. The lowest BCUT2D eigenvalue weighted by Crippen LogP contribution is -2.46. The number of likely N-dealkylation sites (tertiary alicyclic amines) is 1. The number of carboxylic acid groups (broad SMARTS) is 1. The Hall–Kier alpha value is -3.38. The van der Waals surface area contributed by atoms with Crippen LogP contribution in [0.2, 0.25) is 0 Å². The number of benzene rings is 3. The fourth-order valence-electron chi connectivity index (χ4n) is 4.81. The van der Waals surface area contributed by atoms with E-state index in [9.17, 15) is 14.7 Å². The summed E-state index contributed by atoms with van der Waals surface area (Å²) in [6.07, 6.45) is 2.19. The molecule has 1 saturated heterocycles. The molecule has 0 spiro atoms. The van der Waals surface area contributed by atoms with E-state index in [2.05, 4.69) is 54.6 Å². The van der Waals surface area contributed by atoms with Crippen LogP contribution in [0.25, 0.3) is 10.8 Å². The Morgan fingerprint density at radius 3 is 2.40 bits per heavy atom. The van der Waals surface area contributed by atoms with Crippen LogP contribution in [0, 0.1) is 5.92 Å². The molecule has 3 aromatic rings. The van der Waals surface area contributed by atoms with E-state index in [4.69, 9.17) is 9.47 Å². The van der Waals surface area contributed by atoms with Gasteiger partial charge in [-0.1, -0.05) is 60.7 Å². The summed E-state index contributed by atoms with van der Waals surface area (Å²) < 4.78 is 11.7. The minimum Gasteiger partial charge on any atom is -0.465 e. The van der Waals surface area contributed by atoms with Gasteiger partial charge in [0.05, 0.1) is 31.8 Å². The quantitative estimate of drug-likeness (QED) is 0.444. The van der Waals surface area contributed by atoms with Crippen molar-refractivity contribution in [3.05, 3.63) is 83.4 Å². The van der Waals surface area contributed by atoms with E-state index in [-0.39, 0.29) is 23.9 Å². The highest BCUT2D eigenvalue weighted by Gasteiger charge is 2.33. The van der Waals surface area contributed by atoms with Gasteiger partial charge in [0.15, 0.2) is 0 Å². The van der Waals surface area contributed by atoms with Crippen LogP contribution >= 0.6 is 0 Å². The number of piperidine rings is 1. The standard InChI is InChI=1S/C29H31NO5/c31-28(24-11-12-24)34-16-14-20-5-9-23(10-6-20)26-13-15-30(29(32)33)18-27(26)35-19-21-7-8-22-3-1-2-4-25(22)17-21/h1-10,17,24,26-27H,11-16,18-19H2,(H,32,33). The summed E-state index contributed by atoms with van der Waals surface area (Å²) >= 11 is 0. The molecule has 2 fully saturated rings. The molecule has 1 N–H and O–H groups in total. The third-order valence-corrected chi connectivity index (χ3v) is 7.06. The van der Waals surface area contributed by atoms with Crippen molar-refractivity contribution < 1.29 is 24.2 Å². The zero-order valence-corrected chi connectivity index (χ0v) is 19.8. The van der Waals surface area contributed by atoms with Crippen LogP contribution in [0.1, 0.15) is 41.9 Å². The van der Waals surface area contributed by atoms with Gasteiger partial charge >= 0.3 is 12.1 Å². The minimum absolute atomic E-state index is 0.0711. The second-order valence-electron chi connectivity index (χ2n) is 9.59. The van der Waals surface area contributed by atoms with Gasteiger partial charge in [0, 0.05) is 18.9 Å². The minimum atomic E-state index is -0.904. The lowest BCUT2D eigenvalue weighted by Gasteiger charge is -2.37. The molecule has 1 saturated carbocycles. The number of amides is 1. The average Bonchev–Trinajstić information content (AvgIpc) is 3.73. The molecule has 3 aromatic carbocycles. The highest BCUT2D eigenvalue weighted by molar-refractivity contribution is 5.83. The average molecular weight is 474 g/mol. The molecule has 1 amide bonds. The number of esters is 1. The summed E-state index contributed by atoms with van der Waals surface area (Å²) in [7, 11) is 0. The Kier molecular flexibility index (Phi) is 7.00. The van der Waals surface area contributed by atoms with Crippen molar-refractivity contribution in [2.24, 2.45) is 5.92 Å². The Morgan fingerprint density at radius 2 is 1.66 bits per heavy atom. The molecule has 0 aromatic heterocycles. The molecule has 2 atom stereocenters. The number of hydrogen-bond acceptors (Lipinski definition) is 4. The monoisotopic (exact) mass is 473 g/mol. The molecule has 5 rings (SSSR count). The summed E-state index contributed by atoms with van der Waals surface area (Å²) in [5, 5.41) is 11.9. The number of nitrogens with zero attached hydrogens (tertiary/aromatic N) is 1. The Morgan fingerprint density at radius 1 is 0.914 bits per heavy atom.